The molecular weight excluding hydrogens is 494 g/mol. The van der Waals surface area contributed by atoms with Crippen LogP contribution in [0, 0.1) is 7.14 Å². The second kappa shape index (κ2) is 7.42. The Morgan fingerprint density at radius 1 is 0.636 bits per heavy atom. The van der Waals surface area contributed by atoms with Gasteiger partial charge in [-0.2, -0.15) is 0 Å². The van der Waals surface area contributed by atoms with Crippen LogP contribution in [0.5, 0.6) is 0 Å². The van der Waals surface area contributed by atoms with E-state index in [-0.39, 0.29) is 0 Å². The van der Waals surface area contributed by atoms with Crippen molar-refractivity contribution >= 4 is 57.3 Å². The summed E-state index contributed by atoms with van der Waals surface area (Å²) >= 11 is 4.84. The Kier molecular flexibility index (Phi) is 5.31. The number of hydrogen-bond donors (Lipinski definition) is 0. The van der Waals surface area contributed by atoms with Gasteiger partial charge in [-0.05, 0) is 79.6 Å². The van der Waals surface area contributed by atoms with Gasteiger partial charge < -0.3 is 0 Å². The Hall–Kier alpha value is -1.14. The van der Waals surface area contributed by atoms with Crippen LogP contribution in [0.25, 0.3) is 23.3 Å². The van der Waals surface area contributed by atoms with Crippen LogP contribution in [0.2, 0.25) is 0 Å². The van der Waals surface area contributed by atoms with Crippen LogP contribution < -0.4 is 0 Å². The van der Waals surface area contributed by atoms with E-state index < -0.39 is 0 Å². The highest BCUT2D eigenvalue weighted by atomic mass is 127. The van der Waals surface area contributed by atoms with Crippen molar-refractivity contribution in [2.45, 2.75) is 0 Å². The van der Waals surface area contributed by atoms with E-state index in [1.165, 1.54) is 29.4 Å². The van der Waals surface area contributed by atoms with Gasteiger partial charge >= 0.3 is 0 Å². The van der Waals surface area contributed by atoms with E-state index in [1.807, 2.05) is 6.07 Å². The molecule has 0 amide bonds. The van der Waals surface area contributed by atoms with Crippen LogP contribution >= 0.6 is 45.2 Å². The molecule has 0 aliphatic heterocycles. The number of rotatable bonds is 3. The highest BCUT2D eigenvalue weighted by Crippen LogP contribution is 2.29. The Morgan fingerprint density at radius 3 is 1.95 bits per heavy atom. The summed E-state index contributed by atoms with van der Waals surface area (Å²) in [6.07, 6.45) is 4.37. The third-order valence-corrected chi connectivity index (χ3v) is 6.51. The summed E-state index contributed by atoms with van der Waals surface area (Å²) in [5.74, 6) is 0. The fraction of sp³-hybridized carbons (Fsp3) is 0. The van der Waals surface area contributed by atoms with Gasteiger partial charge in [-0.3, -0.25) is 0 Å². The van der Waals surface area contributed by atoms with Gasteiger partial charge in [-0.15, -0.1) is 0 Å². The molecule has 3 aromatic rings. The van der Waals surface area contributed by atoms with E-state index >= 15 is 0 Å². The average Bonchev–Trinajstić information content (AvgIpc) is 2.58. The van der Waals surface area contributed by atoms with Crippen molar-refractivity contribution in [3.05, 3.63) is 91.1 Å². The van der Waals surface area contributed by atoms with E-state index in [1.54, 1.807) is 0 Å². The van der Waals surface area contributed by atoms with Gasteiger partial charge in [0.25, 0.3) is 0 Å². The molecular formula is C20H14I2. The molecule has 0 fully saturated rings. The van der Waals surface area contributed by atoms with Gasteiger partial charge in [0, 0.05) is 7.14 Å². The molecule has 0 aliphatic carbocycles. The Morgan fingerprint density at radius 2 is 1.27 bits per heavy atom. The van der Waals surface area contributed by atoms with Crippen molar-refractivity contribution in [3.63, 3.8) is 0 Å². The van der Waals surface area contributed by atoms with Gasteiger partial charge in [0.2, 0.25) is 0 Å². The summed E-state index contributed by atoms with van der Waals surface area (Å²) in [6.45, 7) is 0. The monoisotopic (exact) mass is 508 g/mol. The maximum atomic E-state index is 2.42. The molecule has 3 aromatic carbocycles. The minimum absolute atomic E-state index is 1.22. The second-order valence-electron chi connectivity index (χ2n) is 4.97. The zero-order valence-corrected chi connectivity index (χ0v) is 16.2. The first kappa shape index (κ1) is 15.7. The summed E-state index contributed by atoms with van der Waals surface area (Å²) in [7, 11) is 0. The van der Waals surface area contributed by atoms with Crippen LogP contribution in [0.15, 0.2) is 72.8 Å². The molecule has 3 rings (SSSR count). The lowest BCUT2D eigenvalue weighted by Gasteiger charge is -2.08. The van der Waals surface area contributed by atoms with E-state index in [2.05, 4.69) is 124 Å². The Labute approximate surface area is 158 Å². The van der Waals surface area contributed by atoms with Crippen LogP contribution in [-0.4, -0.2) is 0 Å². The van der Waals surface area contributed by atoms with Crippen molar-refractivity contribution in [1.82, 2.24) is 0 Å². The number of benzene rings is 3. The molecule has 0 atom stereocenters. The van der Waals surface area contributed by atoms with E-state index in [9.17, 15) is 0 Å². The summed E-state index contributed by atoms with van der Waals surface area (Å²) in [5.41, 5.74) is 5.00. The van der Waals surface area contributed by atoms with Gasteiger partial charge in [-0.25, -0.2) is 0 Å². The average molecular weight is 508 g/mol. The topological polar surface area (TPSA) is 0 Å². The first-order valence-electron chi connectivity index (χ1n) is 7.01. The molecule has 0 spiro atoms. The largest absolute Gasteiger partial charge is 0.0622 e. The molecule has 0 radical (unpaired) electrons. The van der Waals surface area contributed by atoms with Crippen molar-refractivity contribution in [2.24, 2.45) is 0 Å². The van der Waals surface area contributed by atoms with Crippen molar-refractivity contribution in [2.75, 3.05) is 0 Å². The maximum Gasteiger partial charge on any atom is 0.0336 e. The first-order chi connectivity index (χ1) is 10.7. The number of hydrogen-bond acceptors (Lipinski definition) is 0. The minimum atomic E-state index is 1.22. The highest BCUT2D eigenvalue weighted by Gasteiger charge is 2.06. The lowest BCUT2D eigenvalue weighted by atomic mass is 10.0. The van der Waals surface area contributed by atoms with E-state index in [0.717, 1.165) is 0 Å². The van der Waals surface area contributed by atoms with E-state index in [0.29, 0.717) is 0 Å². The Balaban J connectivity index is 2.01. The molecule has 0 saturated heterocycles. The lowest BCUT2D eigenvalue weighted by molar-refractivity contribution is 1.52. The molecule has 108 valence electrons. The number of halogens is 2. The summed E-state index contributed by atoms with van der Waals surface area (Å²) in [5, 5.41) is 0. The normalized spacial score (nSPS) is 11.0. The summed E-state index contributed by atoms with van der Waals surface area (Å²) in [4.78, 5) is 0. The zero-order valence-electron chi connectivity index (χ0n) is 11.8. The van der Waals surface area contributed by atoms with Gasteiger partial charge in [0.15, 0.2) is 0 Å². The molecule has 0 N–H and O–H groups in total. The van der Waals surface area contributed by atoms with Crippen LogP contribution in [-0.2, 0) is 0 Å². The van der Waals surface area contributed by atoms with Crippen LogP contribution in [0.3, 0.4) is 0 Å². The van der Waals surface area contributed by atoms with Gasteiger partial charge in [-0.1, -0.05) is 72.8 Å². The molecule has 0 heterocycles. The quantitative estimate of drug-likeness (QED) is 0.272. The van der Waals surface area contributed by atoms with Crippen LogP contribution in [0.4, 0.5) is 0 Å². The fourth-order valence-corrected chi connectivity index (χ4v) is 3.42. The van der Waals surface area contributed by atoms with E-state index in [4.69, 9.17) is 0 Å². The standard InChI is InChI=1S/C20H14I2/c21-19-14-18(16-9-5-2-6-10-16)13-17(20(19)22)12-11-15-7-3-1-4-8-15/h1-14H/b12-11+. The van der Waals surface area contributed by atoms with Crippen molar-refractivity contribution < 1.29 is 0 Å². The molecule has 0 nitrogen and oxygen atoms in total. The van der Waals surface area contributed by atoms with Gasteiger partial charge in [0.05, 0.1) is 0 Å². The second-order valence-corrected chi connectivity index (χ2v) is 7.21. The van der Waals surface area contributed by atoms with Crippen molar-refractivity contribution in [1.29, 1.82) is 0 Å². The molecule has 0 unspecified atom stereocenters. The Bertz CT molecular complexity index is 791. The molecule has 0 bridgehead atoms. The SMILES string of the molecule is Ic1cc(-c2ccccc2)cc(/C=C/c2ccccc2)c1I. The third-order valence-electron chi connectivity index (χ3n) is 3.42. The summed E-state index contributed by atoms with van der Waals surface area (Å²) in [6, 6.07) is 25.5. The molecule has 0 aromatic heterocycles. The molecule has 2 heteroatoms. The smallest absolute Gasteiger partial charge is 0.0336 e. The van der Waals surface area contributed by atoms with Crippen LogP contribution in [0.1, 0.15) is 11.1 Å². The predicted octanol–water partition coefficient (Wildman–Crippen LogP) is 6.73. The fourth-order valence-electron chi connectivity index (χ4n) is 2.28. The maximum absolute atomic E-state index is 2.42. The van der Waals surface area contributed by atoms with Gasteiger partial charge in [0.1, 0.15) is 0 Å². The third kappa shape index (κ3) is 3.79. The first-order valence-corrected chi connectivity index (χ1v) is 9.17. The molecule has 22 heavy (non-hydrogen) atoms. The zero-order chi connectivity index (χ0) is 15.4. The lowest BCUT2D eigenvalue weighted by Crippen LogP contribution is -1.88. The molecule has 0 saturated carbocycles. The summed E-state index contributed by atoms with van der Waals surface area (Å²) < 4.78 is 2.58. The minimum Gasteiger partial charge on any atom is -0.0622 e. The predicted molar refractivity (Wildman–Crippen MR) is 113 cm³/mol. The highest BCUT2D eigenvalue weighted by molar-refractivity contribution is 14.1. The molecule has 0 aliphatic rings. The van der Waals surface area contributed by atoms with Crippen molar-refractivity contribution in [3.8, 4) is 11.1 Å².